The topological polar surface area (TPSA) is 86.8 Å². The molecule has 8 heteroatoms. The summed E-state index contributed by atoms with van der Waals surface area (Å²) in [5.41, 5.74) is 0.930. The molecule has 0 unspecified atom stereocenters. The largest absolute Gasteiger partial charge is 0.348 e. The van der Waals surface area contributed by atoms with Gasteiger partial charge in [0, 0.05) is 17.8 Å². The highest BCUT2D eigenvalue weighted by atomic mass is 32.1. The second-order valence-electron chi connectivity index (χ2n) is 7.32. The maximum Gasteiger partial charge on any atom is 0.334 e. The SMILES string of the molecule is C[C@H](NC(=O)CN1C(=O)C(=O)N(CCc2cccs2)C1=O)c1cccc2ccccc12. The van der Waals surface area contributed by atoms with Crippen molar-refractivity contribution in [2.24, 2.45) is 0 Å². The fraction of sp³-hybridized carbons (Fsp3) is 0.217. The predicted octanol–water partition coefficient (Wildman–Crippen LogP) is 3.11. The first-order valence-electron chi connectivity index (χ1n) is 9.92. The van der Waals surface area contributed by atoms with Gasteiger partial charge in [0.1, 0.15) is 6.54 Å². The van der Waals surface area contributed by atoms with Crippen LogP contribution in [0.2, 0.25) is 0 Å². The van der Waals surface area contributed by atoms with E-state index in [1.165, 1.54) is 11.3 Å². The van der Waals surface area contributed by atoms with E-state index in [1.54, 1.807) is 0 Å². The lowest BCUT2D eigenvalue weighted by Crippen LogP contribution is -2.42. The van der Waals surface area contributed by atoms with Crippen molar-refractivity contribution in [3.05, 3.63) is 70.4 Å². The number of benzene rings is 2. The van der Waals surface area contributed by atoms with Crippen molar-refractivity contribution < 1.29 is 19.2 Å². The third-order valence-corrected chi connectivity index (χ3v) is 6.20. The highest BCUT2D eigenvalue weighted by molar-refractivity contribution is 7.09. The molecule has 1 fully saturated rings. The van der Waals surface area contributed by atoms with E-state index >= 15 is 0 Å². The molecule has 0 bridgehead atoms. The molecule has 1 saturated heterocycles. The summed E-state index contributed by atoms with van der Waals surface area (Å²) in [6.45, 7) is 1.45. The van der Waals surface area contributed by atoms with Crippen LogP contribution in [0.5, 0.6) is 0 Å². The van der Waals surface area contributed by atoms with Gasteiger partial charge in [-0.25, -0.2) is 9.69 Å². The van der Waals surface area contributed by atoms with E-state index in [-0.39, 0.29) is 12.6 Å². The molecule has 3 aromatic rings. The van der Waals surface area contributed by atoms with Crippen molar-refractivity contribution in [1.29, 1.82) is 0 Å². The number of carbonyl (C=O) groups is 4. The Morgan fingerprint density at radius 2 is 1.71 bits per heavy atom. The normalized spacial score (nSPS) is 15.1. The predicted molar refractivity (Wildman–Crippen MR) is 117 cm³/mol. The van der Waals surface area contributed by atoms with E-state index in [2.05, 4.69) is 5.32 Å². The number of fused-ring (bicyclic) bond motifs is 1. The van der Waals surface area contributed by atoms with Crippen LogP contribution in [0.15, 0.2) is 60.0 Å². The fourth-order valence-corrected chi connectivity index (χ4v) is 4.40. The van der Waals surface area contributed by atoms with Gasteiger partial charge in [0.2, 0.25) is 5.91 Å². The molecule has 5 amide bonds. The Kier molecular flexibility index (Phi) is 5.81. The summed E-state index contributed by atoms with van der Waals surface area (Å²) < 4.78 is 0. The Bertz CT molecular complexity index is 1150. The Hall–Kier alpha value is -3.52. The molecule has 1 N–H and O–H groups in total. The molecule has 7 nitrogen and oxygen atoms in total. The zero-order chi connectivity index (χ0) is 22.0. The summed E-state index contributed by atoms with van der Waals surface area (Å²) in [7, 11) is 0. The number of nitrogens with zero attached hydrogens (tertiary/aromatic N) is 2. The van der Waals surface area contributed by atoms with E-state index in [4.69, 9.17) is 0 Å². The van der Waals surface area contributed by atoms with Gasteiger partial charge in [-0.2, -0.15) is 0 Å². The lowest BCUT2D eigenvalue weighted by atomic mass is 10.00. The van der Waals surface area contributed by atoms with Crippen LogP contribution in [0.25, 0.3) is 10.8 Å². The van der Waals surface area contributed by atoms with E-state index in [1.807, 2.05) is 66.9 Å². The third kappa shape index (κ3) is 4.20. The maximum absolute atomic E-state index is 12.6. The van der Waals surface area contributed by atoms with Crippen molar-refractivity contribution in [2.75, 3.05) is 13.1 Å². The molecule has 0 saturated carbocycles. The average Bonchev–Trinajstić information content (AvgIpc) is 3.35. The number of urea groups is 1. The Morgan fingerprint density at radius 1 is 0.968 bits per heavy atom. The number of thiophene rings is 1. The van der Waals surface area contributed by atoms with E-state index < -0.39 is 30.3 Å². The molecule has 1 aliphatic heterocycles. The standard InChI is InChI=1S/C23H21N3O4S/c1-15(18-10-4-7-16-6-2-3-9-19(16)18)24-20(27)14-26-22(29)21(28)25(23(26)30)12-11-17-8-5-13-31-17/h2-10,13,15H,11-12,14H2,1H3,(H,24,27)/t15-/m0/s1. The minimum Gasteiger partial charge on any atom is -0.348 e. The van der Waals surface area contributed by atoms with Gasteiger partial charge in [0.15, 0.2) is 0 Å². The zero-order valence-electron chi connectivity index (χ0n) is 16.9. The Morgan fingerprint density at radius 3 is 2.48 bits per heavy atom. The molecule has 2 heterocycles. The van der Waals surface area contributed by atoms with E-state index in [9.17, 15) is 19.2 Å². The lowest BCUT2D eigenvalue weighted by molar-refractivity contribution is -0.144. The molecule has 31 heavy (non-hydrogen) atoms. The minimum atomic E-state index is -0.968. The first-order chi connectivity index (χ1) is 15.0. The Balaban J connectivity index is 1.41. The highest BCUT2D eigenvalue weighted by Crippen LogP contribution is 2.24. The first kappa shape index (κ1) is 20.7. The lowest BCUT2D eigenvalue weighted by Gasteiger charge is -2.19. The van der Waals surface area contributed by atoms with E-state index in [0.29, 0.717) is 11.3 Å². The summed E-state index contributed by atoms with van der Waals surface area (Å²) in [5, 5.41) is 6.80. The number of hydrogen-bond donors (Lipinski definition) is 1. The molecule has 0 aliphatic carbocycles. The summed E-state index contributed by atoms with van der Waals surface area (Å²) >= 11 is 1.51. The molecule has 1 aromatic heterocycles. The van der Waals surface area contributed by atoms with Crippen LogP contribution in [0.1, 0.15) is 23.4 Å². The van der Waals surface area contributed by atoms with Gasteiger partial charge < -0.3 is 5.32 Å². The number of rotatable bonds is 7. The van der Waals surface area contributed by atoms with Gasteiger partial charge in [-0.1, -0.05) is 48.5 Å². The fourth-order valence-electron chi connectivity index (χ4n) is 3.70. The monoisotopic (exact) mass is 435 g/mol. The van der Waals surface area contributed by atoms with Gasteiger partial charge in [0.25, 0.3) is 0 Å². The number of imide groups is 2. The molecular formula is C23H21N3O4S. The van der Waals surface area contributed by atoms with Gasteiger partial charge in [-0.05, 0) is 34.7 Å². The summed E-state index contributed by atoms with van der Waals surface area (Å²) in [5.74, 6) is -2.37. The molecular weight excluding hydrogens is 414 g/mol. The Labute approximate surface area is 183 Å². The number of hydrogen-bond acceptors (Lipinski definition) is 5. The van der Waals surface area contributed by atoms with Crippen LogP contribution in [-0.2, 0) is 20.8 Å². The molecule has 158 valence electrons. The zero-order valence-corrected chi connectivity index (χ0v) is 17.7. The summed E-state index contributed by atoms with van der Waals surface area (Å²) in [6.07, 6.45) is 0.473. The van der Waals surface area contributed by atoms with Crippen molar-refractivity contribution in [1.82, 2.24) is 15.1 Å². The van der Waals surface area contributed by atoms with Gasteiger partial charge >= 0.3 is 17.8 Å². The molecule has 4 rings (SSSR count). The smallest absolute Gasteiger partial charge is 0.334 e. The number of amides is 5. The number of nitrogens with one attached hydrogen (secondary N) is 1. The number of carbonyl (C=O) groups excluding carboxylic acids is 4. The second kappa shape index (κ2) is 8.69. The first-order valence-corrected chi connectivity index (χ1v) is 10.8. The van der Waals surface area contributed by atoms with Crippen molar-refractivity contribution in [3.63, 3.8) is 0 Å². The molecule has 1 aliphatic rings. The maximum atomic E-state index is 12.6. The molecule has 0 radical (unpaired) electrons. The summed E-state index contributed by atoms with van der Waals surface area (Å²) in [6, 6.07) is 16.4. The van der Waals surface area contributed by atoms with Crippen LogP contribution in [0.3, 0.4) is 0 Å². The highest BCUT2D eigenvalue weighted by Gasteiger charge is 2.44. The van der Waals surface area contributed by atoms with Crippen LogP contribution in [-0.4, -0.2) is 46.6 Å². The minimum absolute atomic E-state index is 0.106. The molecule has 0 spiro atoms. The van der Waals surface area contributed by atoms with Crippen molar-refractivity contribution in [3.8, 4) is 0 Å². The molecule has 2 aromatic carbocycles. The van der Waals surface area contributed by atoms with Crippen LogP contribution in [0.4, 0.5) is 4.79 Å². The van der Waals surface area contributed by atoms with Crippen molar-refractivity contribution in [2.45, 2.75) is 19.4 Å². The quantitative estimate of drug-likeness (QED) is 0.456. The van der Waals surface area contributed by atoms with Gasteiger partial charge in [-0.15, -0.1) is 11.3 Å². The molecule has 1 atom stereocenters. The summed E-state index contributed by atoms with van der Waals surface area (Å²) in [4.78, 5) is 52.3. The van der Waals surface area contributed by atoms with Crippen molar-refractivity contribution >= 4 is 45.9 Å². The van der Waals surface area contributed by atoms with Crippen LogP contribution >= 0.6 is 11.3 Å². The van der Waals surface area contributed by atoms with Crippen LogP contribution < -0.4 is 5.32 Å². The second-order valence-corrected chi connectivity index (χ2v) is 8.35. The van der Waals surface area contributed by atoms with Gasteiger partial charge in [-0.3, -0.25) is 19.3 Å². The third-order valence-electron chi connectivity index (χ3n) is 5.27. The van der Waals surface area contributed by atoms with Gasteiger partial charge in [0.05, 0.1) is 6.04 Å². The average molecular weight is 436 g/mol. The van der Waals surface area contributed by atoms with Crippen LogP contribution in [0, 0.1) is 0 Å². The van der Waals surface area contributed by atoms with E-state index in [0.717, 1.165) is 26.1 Å².